The first kappa shape index (κ1) is 13.7. The number of amides is 1. The van der Waals surface area contributed by atoms with E-state index in [1.165, 1.54) is 22.8 Å². The molecule has 1 fully saturated rings. The summed E-state index contributed by atoms with van der Waals surface area (Å²) < 4.78 is 1.01. The molecule has 0 atom stereocenters. The van der Waals surface area contributed by atoms with Crippen LogP contribution in [0.3, 0.4) is 0 Å². The van der Waals surface area contributed by atoms with Gasteiger partial charge in [-0.2, -0.15) is 11.8 Å². The number of thioether (sulfide) groups is 1. The zero-order chi connectivity index (χ0) is 13.9. The Labute approximate surface area is 126 Å². The molecule has 2 heterocycles. The highest BCUT2D eigenvalue weighted by molar-refractivity contribution is 7.99. The van der Waals surface area contributed by atoms with Crippen LogP contribution in [-0.2, 0) is 4.79 Å². The molecular weight excluding hydrogens is 290 g/mol. The first-order chi connectivity index (χ1) is 9.70. The molecule has 1 aromatic carbocycles. The minimum Gasteiger partial charge on any atom is -0.399 e. The summed E-state index contributed by atoms with van der Waals surface area (Å²) >= 11 is 3.45. The number of rotatable bonds is 3. The number of nitrogen functional groups attached to an aromatic ring is 1. The van der Waals surface area contributed by atoms with E-state index in [0.29, 0.717) is 17.5 Å². The number of aromatic nitrogens is 1. The summed E-state index contributed by atoms with van der Waals surface area (Å²) in [6, 6.07) is 5.60. The summed E-state index contributed by atoms with van der Waals surface area (Å²) in [5.74, 6) is 2.96. The third-order valence-corrected chi connectivity index (χ3v) is 5.46. The van der Waals surface area contributed by atoms with Crippen molar-refractivity contribution in [2.75, 3.05) is 22.6 Å². The van der Waals surface area contributed by atoms with Crippen LogP contribution in [0.1, 0.15) is 19.3 Å². The molecule has 0 unspecified atom stereocenters. The molecule has 6 heteroatoms. The van der Waals surface area contributed by atoms with Crippen molar-refractivity contribution in [2.24, 2.45) is 5.92 Å². The van der Waals surface area contributed by atoms with Gasteiger partial charge in [0.2, 0.25) is 5.91 Å². The highest BCUT2D eigenvalue weighted by Gasteiger charge is 2.18. The Balaban J connectivity index is 1.64. The molecule has 0 aliphatic carbocycles. The lowest BCUT2D eigenvalue weighted by molar-refractivity contribution is -0.117. The quantitative estimate of drug-likeness (QED) is 0.853. The number of carbonyl (C=O) groups is 1. The number of hydrogen-bond donors (Lipinski definition) is 2. The normalized spacial score (nSPS) is 16.4. The second-order valence-corrected chi connectivity index (χ2v) is 7.31. The largest absolute Gasteiger partial charge is 0.399 e. The number of anilines is 2. The Hall–Kier alpha value is -1.27. The van der Waals surface area contributed by atoms with Crippen molar-refractivity contribution >= 4 is 50.0 Å². The van der Waals surface area contributed by atoms with E-state index in [-0.39, 0.29) is 5.91 Å². The molecule has 2 aromatic rings. The van der Waals surface area contributed by atoms with E-state index in [1.54, 1.807) is 0 Å². The maximum Gasteiger partial charge on any atom is 0.226 e. The molecule has 0 saturated carbocycles. The minimum atomic E-state index is 0.0777. The number of fused-ring (bicyclic) bond motifs is 1. The molecule has 1 amide bonds. The van der Waals surface area contributed by atoms with Crippen molar-refractivity contribution in [3.8, 4) is 0 Å². The molecule has 1 aliphatic heterocycles. The number of nitrogens with two attached hydrogens (primary N) is 1. The van der Waals surface area contributed by atoms with Gasteiger partial charge in [0.05, 0.1) is 10.2 Å². The Kier molecular flexibility index (Phi) is 4.12. The molecule has 3 rings (SSSR count). The lowest BCUT2D eigenvalue weighted by atomic mass is 9.99. The van der Waals surface area contributed by atoms with Gasteiger partial charge in [0.25, 0.3) is 0 Å². The number of nitrogens with one attached hydrogen (secondary N) is 1. The first-order valence-corrected chi connectivity index (χ1v) is 8.71. The fraction of sp³-hybridized carbons (Fsp3) is 0.429. The van der Waals surface area contributed by atoms with Gasteiger partial charge in [-0.05, 0) is 48.5 Å². The summed E-state index contributed by atoms with van der Waals surface area (Å²) in [5, 5.41) is 3.59. The second-order valence-electron chi connectivity index (χ2n) is 5.05. The van der Waals surface area contributed by atoms with Crippen LogP contribution >= 0.6 is 23.1 Å². The van der Waals surface area contributed by atoms with Crippen molar-refractivity contribution < 1.29 is 4.79 Å². The van der Waals surface area contributed by atoms with Crippen LogP contribution in [0.4, 0.5) is 10.8 Å². The number of nitrogens with zero attached hydrogens (tertiary/aromatic N) is 1. The minimum absolute atomic E-state index is 0.0777. The third-order valence-electron chi connectivity index (χ3n) is 3.47. The van der Waals surface area contributed by atoms with Crippen molar-refractivity contribution in [2.45, 2.75) is 19.3 Å². The van der Waals surface area contributed by atoms with Gasteiger partial charge in [0.15, 0.2) is 5.13 Å². The fourth-order valence-electron chi connectivity index (χ4n) is 2.38. The Bertz CT molecular complexity index is 620. The topological polar surface area (TPSA) is 68.0 Å². The molecule has 0 spiro atoms. The molecule has 0 radical (unpaired) electrons. The van der Waals surface area contributed by atoms with Gasteiger partial charge in [0.1, 0.15) is 0 Å². The van der Waals surface area contributed by atoms with E-state index in [0.717, 1.165) is 28.7 Å². The highest BCUT2D eigenvalue weighted by Crippen LogP contribution is 2.29. The fourth-order valence-corrected chi connectivity index (χ4v) is 4.51. The van der Waals surface area contributed by atoms with Gasteiger partial charge < -0.3 is 11.1 Å². The van der Waals surface area contributed by atoms with Gasteiger partial charge in [0, 0.05) is 12.1 Å². The van der Waals surface area contributed by atoms with Gasteiger partial charge in [-0.3, -0.25) is 4.79 Å². The van der Waals surface area contributed by atoms with Crippen LogP contribution in [0.5, 0.6) is 0 Å². The average molecular weight is 307 g/mol. The third kappa shape index (κ3) is 3.24. The van der Waals surface area contributed by atoms with E-state index in [1.807, 2.05) is 30.0 Å². The zero-order valence-electron chi connectivity index (χ0n) is 11.1. The SMILES string of the molecule is Nc1ccc2nc(NC(=O)CC3CCSCC3)sc2c1. The summed E-state index contributed by atoms with van der Waals surface area (Å²) in [6.07, 6.45) is 2.90. The van der Waals surface area contributed by atoms with E-state index >= 15 is 0 Å². The van der Waals surface area contributed by atoms with Crippen LogP contribution in [0.15, 0.2) is 18.2 Å². The maximum atomic E-state index is 12.0. The molecule has 0 bridgehead atoms. The summed E-state index contributed by atoms with van der Waals surface area (Å²) in [5.41, 5.74) is 7.35. The molecule has 3 N–H and O–H groups in total. The number of thiazole rings is 1. The van der Waals surface area contributed by atoms with Gasteiger partial charge in [-0.25, -0.2) is 4.98 Å². The van der Waals surface area contributed by atoms with Crippen molar-refractivity contribution in [3.05, 3.63) is 18.2 Å². The second kappa shape index (κ2) is 6.01. The van der Waals surface area contributed by atoms with Crippen molar-refractivity contribution in [1.82, 2.24) is 4.98 Å². The Morgan fingerprint density at radius 1 is 1.40 bits per heavy atom. The monoisotopic (exact) mass is 307 g/mol. The van der Waals surface area contributed by atoms with Crippen LogP contribution in [0.2, 0.25) is 0 Å². The van der Waals surface area contributed by atoms with E-state index in [2.05, 4.69) is 10.3 Å². The van der Waals surface area contributed by atoms with Gasteiger partial charge in [-0.15, -0.1) is 0 Å². The smallest absolute Gasteiger partial charge is 0.226 e. The van der Waals surface area contributed by atoms with Crippen LogP contribution in [-0.4, -0.2) is 22.4 Å². The number of benzene rings is 1. The van der Waals surface area contributed by atoms with Crippen molar-refractivity contribution in [1.29, 1.82) is 0 Å². The average Bonchev–Trinajstić information content (AvgIpc) is 2.80. The molecule has 1 aliphatic rings. The maximum absolute atomic E-state index is 12.0. The Morgan fingerprint density at radius 2 is 2.20 bits per heavy atom. The predicted octanol–water partition coefficient (Wildman–Crippen LogP) is 3.35. The van der Waals surface area contributed by atoms with E-state index in [9.17, 15) is 4.79 Å². The van der Waals surface area contributed by atoms with Crippen LogP contribution < -0.4 is 11.1 Å². The van der Waals surface area contributed by atoms with E-state index < -0.39 is 0 Å². The molecule has 106 valence electrons. The van der Waals surface area contributed by atoms with Crippen LogP contribution in [0.25, 0.3) is 10.2 Å². The first-order valence-electron chi connectivity index (χ1n) is 6.74. The van der Waals surface area contributed by atoms with Crippen LogP contribution in [0, 0.1) is 5.92 Å². The number of carbonyl (C=O) groups excluding carboxylic acids is 1. The van der Waals surface area contributed by atoms with Gasteiger partial charge >= 0.3 is 0 Å². The predicted molar refractivity (Wildman–Crippen MR) is 87.3 cm³/mol. The Morgan fingerprint density at radius 3 is 3.00 bits per heavy atom. The molecule has 4 nitrogen and oxygen atoms in total. The standard InChI is InChI=1S/C14H17N3OS2/c15-10-1-2-11-12(8-10)20-14(16-11)17-13(18)7-9-3-5-19-6-4-9/h1-2,8-9H,3-7,15H2,(H,16,17,18). The molecule has 1 saturated heterocycles. The highest BCUT2D eigenvalue weighted by atomic mass is 32.2. The number of hydrogen-bond acceptors (Lipinski definition) is 5. The summed E-state index contributed by atoms with van der Waals surface area (Å²) in [7, 11) is 0. The van der Waals surface area contributed by atoms with E-state index in [4.69, 9.17) is 5.73 Å². The lowest BCUT2D eigenvalue weighted by Crippen LogP contribution is -2.19. The molecule has 20 heavy (non-hydrogen) atoms. The summed E-state index contributed by atoms with van der Waals surface area (Å²) in [4.78, 5) is 16.5. The summed E-state index contributed by atoms with van der Waals surface area (Å²) in [6.45, 7) is 0. The molecule has 1 aromatic heterocycles. The molecular formula is C14H17N3OS2. The lowest BCUT2D eigenvalue weighted by Gasteiger charge is -2.20. The van der Waals surface area contributed by atoms with Crippen molar-refractivity contribution in [3.63, 3.8) is 0 Å². The van der Waals surface area contributed by atoms with Gasteiger partial charge in [-0.1, -0.05) is 11.3 Å². The zero-order valence-corrected chi connectivity index (χ0v) is 12.7.